The van der Waals surface area contributed by atoms with Crippen molar-refractivity contribution in [3.8, 4) is 0 Å². The van der Waals surface area contributed by atoms with Crippen LogP contribution >= 0.6 is 22.9 Å². The molecule has 5 rings (SSSR count). The van der Waals surface area contributed by atoms with E-state index in [1.165, 1.54) is 12.8 Å². The summed E-state index contributed by atoms with van der Waals surface area (Å²) in [5.41, 5.74) is 2.52. The molecule has 0 saturated carbocycles. The zero-order valence-electron chi connectivity index (χ0n) is 15.2. The number of aromatic nitrogens is 1. The topological polar surface area (TPSA) is 69.3 Å². The molecule has 2 aliphatic heterocycles. The molecule has 3 N–H and O–H groups in total. The highest BCUT2D eigenvalue weighted by atomic mass is 35.5. The minimum absolute atomic E-state index is 0.165. The zero-order valence-corrected chi connectivity index (χ0v) is 16.7. The molecule has 0 spiro atoms. The van der Waals surface area contributed by atoms with Crippen LogP contribution in [-0.4, -0.2) is 30.1 Å². The fourth-order valence-electron chi connectivity index (χ4n) is 3.88. The Labute approximate surface area is 171 Å². The van der Waals surface area contributed by atoms with E-state index < -0.39 is 0 Å². The number of pyridine rings is 1. The number of thiophene rings is 1. The number of piperidine rings is 1. The highest BCUT2D eigenvalue weighted by Crippen LogP contribution is 2.45. The summed E-state index contributed by atoms with van der Waals surface area (Å²) in [5, 5.41) is 11.8. The second kappa shape index (κ2) is 7.33. The molecule has 1 atom stereocenters. The van der Waals surface area contributed by atoms with Gasteiger partial charge in [-0.1, -0.05) is 11.6 Å². The summed E-state index contributed by atoms with van der Waals surface area (Å²) in [4.78, 5) is 21.3. The zero-order chi connectivity index (χ0) is 19.1. The smallest absolute Gasteiger partial charge is 0.315 e. The van der Waals surface area contributed by atoms with Gasteiger partial charge in [-0.05, 0) is 49.7 Å². The first-order valence-corrected chi connectivity index (χ1v) is 10.6. The van der Waals surface area contributed by atoms with E-state index in [1.807, 2.05) is 18.2 Å². The van der Waals surface area contributed by atoms with Gasteiger partial charge in [-0.15, -0.1) is 11.3 Å². The first-order valence-electron chi connectivity index (χ1n) is 9.42. The molecule has 0 aliphatic carbocycles. The molecule has 3 aromatic rings. The minimum atomic E-state index is -0.165. The molecular formula is C20H20ClN5OS. The molecule has 0 radical (unpaired) electrons. The lowest BCUT2D eigenvalue weighted by Gasteiger charge is -2.29. The number of hydrogen-bond acceptors (Lipinski definition) is 5. The van der Waals surface area contributed by atoms with Gasteiger partial charge in [0.15, 0.2) is 0 Å². The van der Waals surface area contributed by atoms with Crippen molar-refractivity contribution in [2.45, 2.75) is 25.4 Å². The Balaban J connectivity index is 1.51. The van der Waals surface area contributed by atoms with Gasteiger partial charge in [-0.2, -0.15) is 0 Å². The Bertz CT molecular complexity index is 1030. The number of nitrogens with one attached hydrogen (secondary N) is 3. The van der Waals surface area contributed by atoms with Crippen molar-refractivity contribution < 1.29 is 4.79 Å². The molecule has 0 unspecified atom stereocenters. The Morgan fingerprint density at radius 3 is 2.93 bits per heavy atom. The molecule has 2 aliphatic rings. The monoisotopic (exact) mass is 413 g/mol. The van der Waals surface area contributed by atoms with Gasteiger partial charge in [0, 0.05) is 35.2 Å². The summed E-state index contributed by atoms with van der Waals surface area (Å²) in [6, 6.07) is 9.48. The summed E-state index contributed by atoms with van der Waals surface area (Å²) in [6.45, 7) is 2.81. The molecule has 2 aromatic heterocycles. The molecule has 1 fully saturated rings. The van der Waals surface area contributed by atoms with Gasteiger partial charge in [-0.3, -0.25) is 4.90 Å². The van der Waals surface area contributed by atoms with Crippen LogP contribution in [0.25, 0.3) is 10.2 Å². The van der Waals surface area contributed by atoms with Gasteiger partial charge in [-0.25, -0.2) is 9.78 Å². The van der Waals surface area contributed by atoms with Crippen molar-refractivity contribution in [2.75, 3.05) is 23.3 Å². The number of rotatable bonds is 4. The number of hydrogen-bond donors (Lipinski definition) is 3. The minimum Gasteiger partial charge on any atom is -0.315 e. The molecule has 4 heterocycles. The van der Waals surface area contributed by atoms with E-state index in [2.05, 4.69) is 20.9 Å². The van der Waals surface area contributed by atoms with E-state index >= 15 is 0 Å². The van der Waals surface area contributed by atoms with Crippen LogP contribution in [0, 0.1) is 0 Å². The maximum atomic E-state index is 13.0. The van der Waals surface area contributed by atoms with Gasteiger partial charge in [0.2, 0.25) is 0 Å². The lowest BCUT2D eigenvalue weighted by Crippen LogP contribution is -2.42. The molecule has 0 bridgehead atoms. The third-order valence-corrected chi connectivity index (χ3v) is 6.60. The molecule has 144 valence electrons. The van der Waals surface area contributed by atoms with Gasteiger partial charge in [0.1, 0.15) is 4.83 Å². The Kier molecular flexibility index (Phi) is 4.68. The predicted molar refractivity (Wildman–Crippen MR) is 115 cm³/mol. The predicted octanol–water partition coefficient (Wildman–Crippen LogP) is 4.47. The van der Waals surface area contributed by atoms with Crippen molar-refractivity contribution >= 4 is 56.2 Å². The largest absolute Gasteiger partial charge is 0.331 e. The molecule has 1 aromatic carbocycles. The highest BCUT2D eigenvalue weighted by molar-refractivity contribution is 7.19. The first-order chi connectivity index (χ1) is 13.7. The van der Waals surface area contributed by atoms with E-state index in [0.29, 0.717) is 11.1 Å². The average Bonchev–Trinajstić information content (AvgIpc) is 3.07. The second-order valence-electron chi connectivity index (χ2n) is 7.08. The van der Waals surface area contributed by atoms with Crippen LogP contribution in [0.4, 0.5) is 21.9 Å². The van der Waals surface area contributed by atoms with E-state index in [-0.39, 0.29) is 6.03 Å². The molecule has 28 heavy (non-hydrogen) atoms. The van der Waals surface area contributed by atoms with E-state index in [0.717, 1.165) is 51.8 Å². The summed E-state index contributed by atoms with van der Waals surface area (Å²) in [6.07, 6.45) is 4.13. The molecule has 2 amide bonds. The number of urea groups is 1. The van der Waals surface area contributed by atoms with Crippen LogP contribution in [-0.2, 0) is 6.54 Å². The van der Waals surface area contributed by atoms with E-state index in [1.54, 1.807) is 34.6 Å². The molecule has 8 heteroatoms. The lowest BCUT2D eigenvalue weighted by atomic mass is 10.1. The van der Waals surface area contributed by atoms with Crippen LogP contribution in [0.1, 0.15) is 17.7 Å². The first kappa shape index (κ1) is 17.9. The third kappa shape index (κ3) is 3.14. The van der Waals surface area contributed by atoms with E-state index in [4.69, 9.17) is 11.6 Å². The summed E-state index contributed by atoms with van der Waals surface area (Å²) in [7, 11) is 0. The standard InChI is InChI=1S/C20H20ClN5OS/c21-12-3-5-14(6-4-12)26-15-7-9-23-19-17(15)18(25-20(26)27)16(28-19)11-24-13-2-1-8-22-10-13/h3-7,9,13,22,24H,1-2,8,10-11H2,(H,25,27)/t13-/m1/s1. The van der Waals surface area contributed by atoms with Crippen LogP contribution in [0.15, 0.2) is 36.5 Å². The Morgan fingerprint density at radius 1 is 1.29 bits per heavy atom. The Hall–Kier alpha value is -2.19. The number of benzene rings is 1. The van der Waals surface area contributed by atoms with Crippen molar-refractivity contribution in [2.24, 2.45) is 0 Å². The molecular weight excluding hydrogens is 394 g/mol. The second-order valence-corrected chi connectivity index (χ2v) is 8.60. The summed E-state index contributed by atoms with van der Waals surface area (Å²) < 4.78 is 0. The Morgan fingerprint density at radius 2 is 2.14 bits per heavy atom. The number of amides is 2. The van der Waals surface area contributed by atoms with Crippen molar-refractivity contribution in [1.29, 1.82) is 0 Å². The van der Waals surface area contributed by atoms with Crippen LogP contribution < -0.4 is 20.9 Å². The maximum absolute atomic E-state index is 13.0. The van der Waals surface area contributed by atoms with Gasteiger partial charge >= 0.3 is 6.03 Å². The highest BCUT2D eigenvalue weighted by Gasteiger charge is 2.30. The van der Waals surface area contributed by atoms with Crippen LogP contribution in [0.2, 0.25) is 5.02 Å². The van der Waals surface area contributed by atoms with Gasteiger partial charge in [0.05, 0.1) is 22.4 Å². The number of halogens is 1. The summed E-state index contributed by atoms with van der Waals surface area (Å²) >= 11 is 7.65. The van der Waals surface area contributed by atoms with Crippen molar-refractivity contribution in [3.63, 3.8) is 0 Å². The average molecular weight is 414 g/mol. The van der Waals surface area contributed by atoms with Gasteiger partial charge in [0.25, 0.3) is 0 Å². The fraction of sp³-hybridized carbons (Fsp3) is 0.300. The maximum Gasteiger partial charge on any atom is 0.331 e. The van der Waals surface area contributed by atoms with Crippen LogP contribution in [0.5, 0.6) is 0 Å². The molecule has 1 saturated heterocycles. The van der Waals surface area contributed by atoms with Crippen molar-refractivity contribution in [3.05, 3.63) is 46.4 Å². The molecule has 6 nitrogen and oxygen atoms in total. The number of anilines is 3. The summed E-state index contributed by atoms with van der Waals surface area (Å²) in [5.74, 6) is 0. The number of carbonyl (C=O) groups excluding carboxylic acids is 1. The van der Waals surface area contributed by atoms with Crippen molar-refractivity contribution in [1.82, 2.24) is 15.6 Å². The number of nitrogens with zero attached hydrogens (tertiary/aromatic N) is 2. The van der Waals surface area contributed by atoms with Crippen LogP contribution in [0.3, 0.4) is 0 Å². The quantitative estimate of drug-likeness (QED) is 0.590. The third-order valence-electron chi connectivity index (χ3n) is 5.25. The van der Waals surface area contributed by atoms with E-state index in [9.17, 15) is 4.79 Å². The van der Waals surface area contributed by atoms with Gasteiger partial charge < -0.3 is 16.0 Å². The normalized spacial score (nSPS) is 19.1. The lowest BCUT2D eigenvalue weighted by molar-refractivity contribution is 0.259. The SMILES string of the molecule is O=C1Nc2c(CN[C@@H]3CCCNC3)sc3nccc(c23)N1c1ccc(Cl)cc1. The fourth-order valence-corrected chi connectivity index (χ4v) is 5.07. The number of carbonyl (C=O) groups is 1.